The number of anilines is 1. The molecule has 1 aliphatic heterocycles. The molecule has 0 aromatic heterocycles. The molecule has 0 saturated carbocycles. The summed E-state index contributed by atoms with van der Waals surface area (Å²) in [5, 5.41) is 0. The Morgan fingerprint density at radius 2 is 2.29 bits per heavy atom. The van der Waals surface area contributed by atoms with E-state index in [9.17, 15) is 9.59 Å². The van der Waals surface area contributed by atoms with Gasteiger partial charge in [-0.25, -0.2) is 0 Å². The fraction of sp³-hybridized carbons (Fsp3) is 0.333. The van der Waals surface area contributed by atoms with Gasteiger partial charge in [0.15, 0.2) is 6.61 Å². The summed E-state index contributed by atoms with van der Waals surface area (Å²) in [6, 6.07) is 5.50. The molecule has 0 aliphatic carbocycles. The first kappa shape index (κ1) is 11.4. The largest absolute Gasteiger partial charge is 0.482 e. The zero-order valence-corrected chi connectivity index (χ0v) is 9.73. The summed E-state index contributed by atoms with van der Waals surface area (Å²) in [5.41, 5.74) is 1.61. The van der Waals surface area contributed by atoms with Gasteiger partial charge >= 0.3 is 5.97 Å². The maximum Gasteiger partial charge on any atom is 0.325 e. The van der Waals surface area contributed by atoms with Crippen LogP contribution in [-0.4, -0.2) is 32.1 Å². The van der Waals surface area contributed by atoms with E-state index in [0.29, 0.717) is 11.4 Å². The maximum absolute atomic E-state index is 11.7. The molecular formula is C12H13NO4. The van der Waals surface area contributed by atoms with E-state index >= 15 is 0 Å². The Morgan fingerprint density at radius 1 is 1.53 bits per heavy atom. The van der Waals surface area contributed by atoms with E-state index in [1.165, 1.54) is 12.0 Å². The van der Waals surface area contributed by atoms with Gasteiger partial charge in [-0.15, -0.1) is 0 Å². The third-order valence-corrected chi connectivity index (χ3v) is 2.57. The van der Waals surface area contributed by atoms with Crippen LogP contribution < -0.4 is 9.64 Å². The second-order valence-electron chi connectivity index (χ2n) is 3.82. The van der Waals surface area contributed by atoms with Crippen LogP contribution in [0.25, 0.3) is 0 Å². The lowest BCUT2D eigenvalue weighted by Gasteiger charge is -2.28. The van der Waals surface area contributed by atoms with Gasteiger partial charge in [-0.3, -0.25) is 14.5 Å². The molecule has 0 saturated heterocycles. The van der Waals surface area contributed by atoms with Crippen molar-refractivity contribution in [3.63, 3.8) is 0 Å². The molecule has 90 valence electrons. The summed E-state index contributed by atoms with van der Waals surface area (Å²) in [6.07, 6.45) is 0. The van der Waals surface area contributed by atoms with Gasteiger partial charge in [-0.05, 0) is 24.6 Å². The van der Waals surface area contributed by atoms with E-state index in [1.807, 2.05) is 19.1 Å². The number of benzene rings is 1. The minimum atomic E-state index is -0.451. The van der Waals surface area contributed by atoms with Crippen molar-refractivity contribution in [2.24, 2.45) is 0 Å². The Morgan fingerprint density at radius 3 is 3.00 bits per heavy atom. The summed E-state index contributed by atoms with van der Waals surface area (Å²) in [5.74, 6) is -0.0830. The van der Waals surface area contributed by atoms with Crippen LogP contribution in [0.2, 0.25) is 0 Å². The molecule has 0 unspecified atom stereocenters. The molecule has 5 nitrogen and oxygen atoms in total. The SMILES string of the molecule is COC(=O)CN1C(=O)COc2ccc(C)cc21. The fourth-order valence-corrected chi connectivity index (χ4v) is 1.68. The average Bonchev–Trinajstić information content (AvgIpc) is 2.32. The first-order chi connectivity index (χ1) is 8.11. The lowest BCUT2D eigenvalue weighted by Crippen LogP contribution is -2.42. The number of carbonyl (C=O) groups excluding carboxylic acids is 2. The minimum Gasteiger partial charge on any atom is -0.482 e. The first-order valence-electron chi connectivity index (χ1n) is 5.22. The van der Waals surface area contributed by atoms with E-state index in [1.54, 1.807) is 6.07 Å². The maximum atomic E-state index is 11.7. The van der Waals surface area contributed by atoms with Gasteiger partial charge in [-0.2, -0.15) is 0 Å². The molecule has 1 aliphatic rings. The number of nitrogens with zero attached hydrogens (tertiary/aromatic N) is 1. The number of methoxy groups -OCH3 is 1. The van der Waals surface area contributed by atoms with Crippen molar-refractivity contribution in [3.05, 3.63) is 23.8 Å². The van der Waals surface area contributed by atoms with Gasteiger partial charge in [0, 0.05) is 0 Å². The van der Waals surface area contributed by atoms with Gasteiger partial charge in [0.25, 0.3) is 5.91 Å². The zero-order valence-electron chi connectivity index (χ0n) is 9.73. The molecule has 1 aromatic carbocycles. The molecule has 2 rings (SSSR count). The summed E-state index contributed by atoms with van der Waals surface area (Å²) in [7, 11) is 1.30. The molecule has 1 heterocycles. The van der Waals surface area contributed by atoms with Crippen molar-refractivity contribution in [2.75, 3.05) is 25.2 Å². The van der Waals surface area contributed by atoms with E-state index in [4.69, 9.17) is 4.74 Å². The molecule has 1 aromatic rings. The lowest BCUT2D eigenvalue weighted by atomic mass is 10.1. The number of esters is 1. The molecule has 0 radical (unpaired) electrons. The van der Waals surface area contributed by atoms with Crippen molar-refractivity contribution in [1.82, 2.24) is 0 Å². The van der Waals surface area contributed by atoms with Crippen molar-refractivity contribution in [3.8, 4) is 5.75 Å². The molecular weight excluding hydrogens is 222 g/mol. The fourth-order valence-electron chi connectivity index (χ4n) is 1.68. The van der Waals surface area contributed by atoms with E-state index in [2.05, 4.69) is 4.74 Å². The number of hydrogen-bond donors (Lipinski definition) is 0. The van der Waals surface area contributed by atoms with E-state index in [0.717, 1.165) is 5.56 Å². The highest BCUT2D eigenvalue weighted by molar-refractivity contribution is 6.01. The standard InChI is InChI=1S/C12H13NO4/c1-8-3-4-10-9(5-8)13(6-12(15)16-2)11(14)7-17-10/h3-5H,6-7H2,1-2H3. The number of hydrogen-bond acceptors (Lipinski definition) is 4. The van der Waals surface area contributed by atoms with Crippen molar-refractivity contribution in [1.29, 1.82) is 0 Å². The van der Waals surface area contributed by atoms with Crippen LogP contribution >= 0.6 is 0 Å². The topological polar surface area (TPSA) is 55.8 Å². The average molecular weight is 235 g/mol. The Labute approximate surface area is 98.9 Å². The third-order valence-electron chi connectivity index (χ3n) is 2.57. The highest BCUT2D eigenvalue weighted by Gasteiger charge is 2.27. The normalized spacial score (nSPS) is 14.0. The quantitative estimate of drug-likeness (QED) is 0.714. The Hall–Kier alpha value is -2.04. The van der Waals surface area contributed by atoms with Crippen LogP contribution in [0.4, 0.5) is 5.69 Å². The third kappa shape index (κ3) is 2.22. The Bertz CT molecular complexity index is 470. The minimum absolute atomic E-state index is 0.0486. The first-order valence-corrected chi connectivity index (χ1v) is 5.22. The predicted octanol–water partition coefficient (Wildman–Crippen LogP) is 0.893. The second kappa shape index (κ2) is 4.45. The van der Waals surface area contributed by atoms with Crippen LogP contribution in [0.15, 0.2) is 18.2 Å². The number of carbonyl (C=O) groups is 2. The number of ether oxygens (including phenoxy) is 2. The van der Waals surface area contributed by atoms with E-state index < -0.39 is 5.97 Å². The van der Waals surface area contributed by atoms with E-state index in [-0.39, 0.29) is 19.1 Å². The monoisotopic (exact) mass is 235 g/mol. The summed E-state index contributed by atoms with van der Waals surface area (Å²) < 4.78 is 9.87. The molecule has 0 bridgehead atoms. The Balaban J connectivity index is 2.35. The molecule has 0 spiro atoms. The van der Waals surface area contributed by atoms with Gasteiger partial charge < -0.3 is 9.47 Å². The highest BCUT2D eigenvalue weighted by atomic mass is 16.5. The molecule has 1 amide bonds. The number of aryl methyl sites for hydroxylation is 1. The molecule has 0 fully saturated rings. The number of fused-ring (bicyclic) bond motifs is 1. The van der Waals surface area contributed by atoms with Crippen molar-refractivity contribution < 1.29 is 19.1 Å². The predicted molar refractivity (Wildman–Crippen MR) is 61.0 cm³/mol. The summed E-state index contributed by atoms with van der Waals surface area (Å²) >= 11 is 0. The molecule has 0 N–H and O–H groups in total. The molecule has 5 heteroatoms. The van der Waals surface area contributed by atoms with Crippen LogP contribution in [-0.2, 0) is 14.3 Å². The molecule has 0 atom stereocenters. The lowest BCUT2D eigenvalue weighted by molar-refractivity contribution is -0.140. The van der Waals surface area contributed by atoms with Crippen molar-refractivity contribution >= 4 is 17.6 Å². The van der Waals surface area contributed by atoms with Gasteiger partial charge in [0.1, 0.15) is 12.3 Å². The van der Waals surface area contributed by atoms with Crippen LogP contribution in [0.1, 0.15) is 5.56 Å². The number of amides is 1. The van der Waals surface area contributed by atoms with Crippen molar-refractivity contribution in [2.45, 2.75) is 6.92 Å². The number of rotatable bonds is 2. The van der Waals surface area contributed by atoms with Gasteiger partial charge in [-0.1, -0.05) is 6.07 Å². The highest BCUT2D eigenvalue weighted by Crippen LogP contribution is 2.32. The van der Waals surface area contributed by atoms with Gasteiger partial charge in [0.2, 0.25) is 0 Å². The zero-order chi connectivity index (χ0) is 12.4. The van der Waals surface area contributed by atoms with Crippen LogP contribution in [0.5, 0.6) is 5.75 Å². The van der Waals surface area contributed by atoms with Crippen LogP contribution in [0.3, 0.4) is 0 Å². The Kier molecular flexibility index (Phi) is 2.99. The summed E-state index contributed by atoms with van der Waals surface area (Å²) in [6.45, 7) is 1.78. The summed E-state index contributed by atoms with van der Waals surface area (Å²) in [4.78, 5) is 24.4. The van der Waals surface area contributed by atoms with Crippen LogP contribution in [0, 0.1) is 6.92 Å². The smallest absolute Gasteiger partial charge is 0.325 e. The molecule has 17 heavy (non-hydrogen) atoms. The second-order valence-corrected chi connectivity index (χ2v) is 3.82. The van der Waals surface area contributed by atoms with Gasteiger partial charge in [0.05, 0.1) is 12.8 Å².